The average Bonchev–Trinajstić information content (AvgIpc) is 3.07. The molecule has 8 heteroatoms. The molecule has 0 amide bonds. The van der Waals surface area contributed by atoms with Gasteiger partial charge in [0.25, 0.3) is 5.56 Å². The van der Waals surface area contributed by atoms with Crippen LogP contribution in [0.3, 0.4) is 0 Å². The summed E-state index contributed by atoms with van der Waals surface area (Å²) in [6, 6.07) is 12.7. The SMILES string of the molecule is O=C(CCc1nc2ccccc2s1)OCc1nc2cc(Cl)ccc2c(=O)[nH]1. The van der Waals surface area contributed by atoms with E-state index in [2.05, 4.69) is 15.0 Å². The Morgan fingerprint density at radius 1 is 1.15 bits per heavy atom. The number of fused-ring (bicyclic) bond motifs is 2. The third kappa shape index (κ3) is 3.99. The van der Waals surface area contributed by atoms with E-state index < -0.39 is 0 Å². The Balaban J connectivity index is 1.38. The van der Waals surface area contributed by atoms with E-state index in [9.17, 15) is 9.59 Å². The minimum absolute atomic E-state index is 0.101. The lowest BCUT2D eigenvalue weighted by molar-refractivity contribution is -0.145. The van der Waals surface area contributed by atoms with Crippen LogP contribution < -0.4 is 5.56 Å². The van der Waals surface area contributed by atoms with Crippen molar-refractivity contribution in [3.05, 3.63) is 68.7 Å². The minimum atomic E-state index is -0.372. The molecule has 0 spiro atoms. The summed E-state index contributed by atoms with van der Waals surface area (Å²) in [4.78, 5) is 35.5. The summed E-state index contributed by atoms with van der Waals surface area (Å²) in [5.74, 6) is -0.0915. The molecule has 0 aliphatic carbocycles. The number of aryl methyl sites for hydroxylation is 1. The second-order valence-electron chi connectivity index (χ2n) is 5.91. The first-order valence-corrected chi connectivity index (χ1v) is 9.46. The number of ether oxygens (including phenoxy) is 1. The summed E-state index contributed by atoms with van der Waals surface area (Å²) < 4.78 is 6.33. The molecule has 0 unspecified atom stereocenters. The number of halogens is 1. The van der Waals surface area contributed by atoms with Gasteiger partial charge in [0.05, 0.1) is 32.5 Å². The molecule has 0 radical (unpaired) electrons. The standard InChI is InChI=1S/C19H14ClN3O3S/c20-11-5-6-12-14(9-11)21-16(23-19(12)25)10-26-18(24)8-7-17-22-13-3-1-2-4-15(13)27-17/h1-6,9H,7-8,10H2,(H,21,23,25). The zero-order chi connectivity index (χ0) is 18.8. The number of benzene rings is 2. The number of nitrogens with zero attached hydrogens (tertiary/aromatic N) is 2. The van der Waals surface area contributed by atoms with Crippen molar-refractivity contribution in [3.8, 4) is 0 Å². The number of esters is 1. The summed E-state index contributed by atoms with van der Waals surface area (Å²) in [6.07, 6.45) is 0.721. The van der Waals surface area contributed by atoms with Crippen LogP contribution >= 0.6 is 22.9 Å². The highest BCUT2D eigenvalue weighted by Crippen LogP contribution is 2.22. The van der Waals surface area contributed by atoms with E-state index in [1.165, 1.54) is 0 Å². The number of H-pyrrole nitrogens is 1. The molecule has 2 aromatic carbocycles. The summed E-state index contributed by atoms with van der Waals surface area (Å²) in [7, 11) is 0. The lowest BCUT2D eigenvalue weighted by Crippen LogP contribution is -2.14. The fourth-order valence-electron chi connectivity index (χ4n) is 2.69. The number of thiazole rings is 1. The van der Waals surface area contributed by atoms with Gasteiger partial charge in [-0.2, -0.15) is 0 Å². The molecular formula is C19H14ClN3O3S. The third-order valence-electron chi connectivity index (χ3n) is 3.97. The Morgan fingerprint density at radius 3 is 2.85 bits per heavy atom. The molecule has 0 saturated heterocycles. The normalized spacial score (nSPS) is 11.1. The minimum Gasteiger partial charge on any atom is -0.458 e. The van der Waals surface area contributed by atoms with Crippen molar-refractivity contribution < 1.29 is 9.53 Å². The van der Waals surface area contributed by atoms with Crippen LogP contribution in [0.2, 0.25) is 5.02 Å². The number of carbonyl (C=O) groups is 1. The van der Waals surface area contributed by atoms with Gasteiger partial charge in [-0.15, -0.1) is 11.3 Å². The number of nitrogens with one attached hydrogen (secondary N) is 1. The molecule has 0 saturated carbocycles. The average molecular weight is 400 g/mol. The van der Waals surface area contributed by atoms with Gasteiger partial charge in [-0.3, -0.25) is 9.59 Å². The first-order chi connectivity index (χ1) is 13.1. The number of aromatic nitrogens is 3. The predicted octanol–water partition coefficient (Wildman–Crippen LogP) is 3.86. The summed E-state index contributed by atoms with van der Waals surface area (Å²) in [5, 5.41) is 1.81. The number of aromatic amines is 1. The Hall–Kier alpha value is -2.77. The highest BCUT2D eigenvalue weighted by molar-refractivity contribution is 7.18. The van der Waals surface area contributed by atoms with Crippen LogP contribution in [0.5, 0.6) is 0 Å². The highest BCUT2D eigenvalue weighted by atomic mass is 35.5. The van der Waals surface area contributed by atoms with Crippen LogP contribution in [0, 0.1) is 0 Å². The van der Waals surface area contributed by atoms with Crippen LogP contribution in [0.1, 0.15) is 17.3 Å². The molecule has 1 N–H and O–H groups in total. The molecule has 136 valence electrons. The Morgan fingerprint density at radius 2 is 2.00 bits per heavy atom. The van der Waals surface area contributed by atoms with Gasteiger partial charge in [-0.05, 0) is 30.3 Å². The monoisotopic (exact) mass is 399 g/mol. The maximum atomic E-state index is 12.1. The molecular weight excluding hydrogens is 386 g/mol. The van der Waals surface area contributed by atoms with Gasteiger partial charge >= 0.3 is 5.97 Å². The van der Waals surface area contributed by atoms with Gasteiger partial charge in [0.1, 0.15) is 12.4 Å². The van der Waals surface area contributed by atoms with Crippen LogP contribution in [0.25, 0.3) is 21.1 Å². The molecule has 27 heavy (non-hydrogen) atoms. The van der Waals surface area contributed by atoms with E-state index in [1.807, 2.05) is 24.3 Å². The largest absolute Gasteiger partial charge is 0.458 e. The molecule has 0 aliphatic heterocycles. The number of hydrogen-bond donors (Lipinski definition) is 1. The van der Waals surface area contributed by atoms with Gasteiger partial charge < -0.3 is 9.72 Å². The fraction of sp³-hybridized carbons (Fsp3) is 0.158. The van der Waals surface area contributed by atoms with Crippen molar-refractivity contribution in [2.45, 2.75) is 19.4 Å². The third-order valence-corrected chi connectivity index (χ3v) is 5.30. The second kappa shape index (κ2) is 7.46. The zero-order valence-corrected chi connectivity index (χ0v) is 15.6. The number of carbonyl (C=O) groups excluding carboxylic acids is 1. The lowest BCUT2D eigenvalue weighted by atomic mass is 10.2. The molecule has 0 atom stereocenters. The van der Waals surface area contributed by atoms with Crippen molar-refractivity contribution in [1.82, 2.24) is 15.0 Å². The second-order valence-corrected chi connectivity index (χ2v) is 7.46. The van der Waals surface area contributed by atoms with Crippen molar-refractivity contribution in [2.75, 3.05) is 0 Å². The molecule has 6 nitrogen and oxygen atoms in total. The molecule has 0 bridgehead atoms. The summed E-state index contributed by atoms with van der Waals surface area (Å²) in [5.41, 5.74) is 1.10. The number of rotatable bonds is 5. The maximum absolute atomic E-state index is 12.1. The molecule has 2 aromatic heterocycles. The van der Waals surface area contributed by atoms with Crippen LogP contribution in [-0.2, 0) is 22.6 Å². The topological polar surface area (TPSA) is 84.9 Å². The lowest BCUT2D eigenvalue weighted by Gasteiger charge is -2.05. The molecule has 4 aromatic rings. The molecule has 2 heterocycles. The van der Waals surface area contributed by atoms with Gasteiger partial charge in [0.2, 0.25) is 0 Å². The maximum Gasteiger partial charge on any atom is 0.306 e. The fourth-order valence-corrected chi connectivity index (χ4v) is 3.82. The van der Waals surface area contributed by atoms with E-state index in [1.54, 1.807) is 29.5 Å². The Bertz CT molecular complexity index is 1170. The Kier molecular flexibility index (Phi) is 4.87. The van der Waals surface area contributed by atoms with Crippen molar-refractivity contribution in [2.24, 2.45) is 0 Å². The molecule has 0 aliphatic rings. The summed E-state index contributed by atoms with van der Waals surface area (Å²) >= 11 is 7.50. The van der Waals surface area contributed by atoms with E-state index in [4.69, 9.17) is 16.3 Å². The molecule has 4 rings (SSSR count). The van der Waals surface area contributed by atoms with Gasteiger partial charge in [0, 0.05) is 11.4 Å². The first kappa shape index (κ1) is 17.6. The van der Waals surface area contributed by atoms with Crippen LogP contribution in [0.15, 0.2) is 47.3 Å². The molecule has 0 fully saturated rings. The van der Waals surface area contributed by atoms with E-state index in [0.717, 1.165) is 15.2 Å². The van der Waals surface area contributed by atoms with Crippen molar-refractivity contribution in [1.29, 1.82) is 0 Å². The smallest absolute Gasteiger partial charge is 0.306 e. The van der Waals surface area contributed by atoms with E-state index in [0.29, 0.717) is 22.3 Å². The number of hydrogen-bond acceptors (Lipinski definition) is 6. The summed E-state index contributed by atoms with van der Waals surface area (Å²) in [6.45, 7) is -0.101. The quantitative estimate of drug-likeness (QED) is 0.515. The highest BCUT2D eigenvalue weighted by Gasteiger charge is 2.10. The first-order valence-electron chi connectivity index (χ1n) is 8.27. The predicted molar refractivity (Wildman–Crippen MR) is 105 cm³/mol. The van der Waals surface area contributed by atoms with E-state index >= 15 is 0 Å². The Labute approximate surface area is 162 Å². The van der Waals surface area contributed by atoms with Gasteiger partial charge in [0.15, 0.2) is 0 Å². The van der Waals surface area contributed by atoms with Crippen LogP contribution in [-0.4, -0.2) is 20.9 Å². The van der Waals surface area contributed by atoms with Gasteiger partial charge in [-0.1, -0.05) is 23.7 Å². The van der Waals surface area contributed by atoms with Gasteiger partial charge in [-0.25, -0.2) is 9.97 Å². The van der Waals surface area contributed by atoms with Crippen molar-refractivity contribution >= 4 is 50.0 Å². The van der Waals surface area contributed by atoms with E-state index in [-0.39, 0.29) is 30.4 Å². The number of para-hydroxylation sites is 1. The zero-order valence-electron chi connectivity index (χ0n) is 14.1. The van der Waals surface area contributed by atoms with Crippen molar-refractivity contribution in [3.63, 3.8) is 0 Å². The van der Waals surface area contributed by atoms with Crippen LogP contribution in [0.4, 0.5) is 0 Å².